The molecule has 5 rings (SSSR count). The van der Waals surface area contributed by atoms with Gasteiger partial charge in [0, 0.05) is 41.6 Å². The summed E-state index contributed by atoms with van der Waals surface area (Å²) in [4.78, 5) is 0.320. The van der Waals surface area contributed by atoms with E-state index in [1.807, 2.05) is 56.4 Å². The summed E-state index contributed by atoms with van der Waals surface area (Å²) in [7, 11) is -1.73. The number of hydrogen-bond donors (Lipinski definition) is 0. The molecule has 0 atom stereocenters. The van der Waals surface area contributed by atoms with E-state index in [0.717, 1.165) is 63.5 Å². The Morgan fingerprint density at radius 1 is 0.824 bits per heavy atom. The van der Waals surface area contributed by atoms with E-state index in [0.29, 0.717) is 11.3 Å². The third kappa shape index (κ3) is 3.74. The van der Waals surface area contributed by atoms with Gasteiger partial charge in [0.2, 0.25) is 0 Å². The molecule has 174 valence electrons. The normalized spacial score (nSPS) is 12.1. The number of aryl methyl sites for hydroxylation is 3. The fourth-order valence-electron chi connectivity index (χ4n) is 4.98. The lowest BCUT2D eigenvalue weighted by atomic mass is 10.0. The van der Waals surface area contributed by atoms with Crippen LogP contribution in [0.4, 0.5) is 0 Å². The molecule has 2 heterocycles. The zero-order valence-corrected chi connectivity index (χ0v) is 20.8. The average Bonchev–Trinajstić information content (AvgIpc) is 3.33. The minimum atomic E-state index is -3.77. The second kappa shape index (κ2) is 8.80. The average molecular weight is 471 g/mol. The SMILES string of the molecule is CCCCc1c(Cc2cn(C)c3ccccc23)n(S(=O)(=O)c2ccc(C)cc2)c2ccccc12. The molecule has 4 nitrogen and oxygen atoms in total. The van der Waals surface area contributed by atoms with Crippen LogP contribution in [0.2, 0.25) is 0 Å². The molecule has 0 bridgehead atoms. The predicted octanol–water partition coefficient (Wildman–Crippen LogP) is 6.61. The first-order valence-corrected chi connectivity index (χ1v) is 13.3. The van der Waals surface area contributed by atoms with E-state index in [-0.39, 0.29) is 0 Å². The van der Waals surface area contributed by atoms with Crippen LogP contribution in [0.3, 0.4) is 0 Å². The van der Waals surface area contributed by atoms with Crippen LogP contribution in [-0.2, 0) is 29.9 Å². The predicted molar refractivity (Wildman–Crippen MR) is 140 cm³/mol. The molecule has 3 aromatic carbocycles. The van der Waals surface area contributed by atoms with Gasteiger partial charge in [-0.1, -0.05) is 67.4 Å². The number of unbranched alkanes of at least 4 members (excludes halogenated alkanes) is 1. The molecule has 0 saturated heterocycles. The van der Waals surface area contributed by atoms with Gasteiger partial charge in [0.1, 0.15) is 0 Å². The molecule has 0 N–H and O–H groups in total. The fraction of sp³-hybridized carbons (Fsp3) is 0.241. The van der Waals surface area contributed by atoms with E-state index in [2.05, 4.69) is 35.9 Å². The van der Waals surface area contributed by atoms with E-state index in [9.17, 15) is 8.42 Å². The highest BCUT2D eigenvalue weighted by atomic mass is 32.2. The molecule has 0 aliphatic heterocycles. The van der Waals surface area contributed by atoms with E-state index in [1.54, 1.807) is 16.1 Å². The van der Waals surface area contributed by atoms with Gasteiger partial charge < -0.3 is 4.57 Å². The van der Waals surface area contributed by atoms with Gasteiger partial charge in [-0.15, -0.1) is 0 Å². The Bertz CT molecular complexity index is 1590. The van der Waals surface area contributed by atoms with Crippen molar-refractivity contribution in [1.29, 1.82) is 0 Å². The highest BCUT2D eigenvalue weighted by Gasteiger charge is 2.27. The Labute approximate surface area is 201 Å². The minimum Gasteiger partial charge on any atom is -0.350 e. The van der Waals surface area contributed by atoms with Crippen molar-refractivity contribution in [3.05, 3.63) is 101 Å². The molecule has 0 fully saturated rings. The molecule has 0 spiro atoms. The summed E-state index contributed by atoms with van der Waals surface area (Å²) in [5, 5.41) is 2.19. The number of rotatable bonds is 7. The number of hydrogen-bond acceptors (Lipinski definition) is 2. The van der Waals surface area contributed by atoms with Crippen molar-refractivity contribution in [1.82, 2.24) is 8.54 Å². The first kappa shape index (κ1) is 22.5. The number of aromatic nitrogens is 2. The van der Waals surface area contributed by atoms with Gasteiger partial charge in [-0.25, -0.2) is 12.4 Å². The molecular formula is C29H30N2O2S. The highest BCUT2D eigenvalue weighted by Crippen LogP contribution is 2.34. The van der Waals surface area contributed by atoms with Crippen molar-refractivity contribution < 1.29 is 8.42 Å². The Morgan fingerprint density at radius 2 is 1.47 bits per heavy atom. The molecule has 0 aliphatic rings. The number of fused-ring (bicyclic) bond motifs is 2. The lowest BCUT2D eigenvalue weighted by Crippen LogP contribution is -2.16. The second-order valence-corrected chi connectivity index (χ2v) is 10.9. The minimum absolute atomic E-state index is 0.320. The third-order valence-electron chi connectivity index (χ3n) is 6.72. The van der Waals surface area contributed by atoms with Gasteiger partial charge in [-0.2, -0.15) is 0 Å². The first-order chi connectivity index (χ1) is 16.4. The lowest BCUT2D eigenvalue weighted by Gasteiger charge is -2.14. The largest absolute Gasteiger partial charge is 0.350 e. The van der Waals surface area contributed by atoms with Crippen molar-refractivity contribution in [2.45, 2.75) is 44.4 Å². The summed E-state index contributed by atoms with van der Waals surface area (Å²) in [5.74, 6) is 0. The maximum absolute atomic E-state index is 14.1. The summed E-state index contributed by atoms with van der Waals surface area (Å²) >= 11 is 0. The molecule has 0 aliphatic carbocycles. The Kier molecular flexibility index (Phi) is 5.82. The van der Waals surface area contributed by atoms with E-state index in [4.69, 9.17) is 0 Å². The zero-order chi connectivity index (χ0) is 23.9. The van der Waals surface area contributed by atoms with Gasteiger partial charge in [0.05, 0.1) is 10.4 Å². The van der Waals surface area contributed by atoms with Gasteiger partial charge in [0.25, 0.3) is 10.0 Å². The Balaban J connectivity index is 1.79. The summed E-state index contributed by atoms with van der Waals surface area (Å²) in [5.41, 5.74) is 6.09. The van der Waals surface area contributed by atoms with Gasteiger partial charge in [-0.3, -0.25) is 0 Å². The van der Waals surface area contributed by atoms with Crippen LogP contribution >= 0.6 is 0 Å². The quantitative estimate of drug-likeness (QED) is 0.269. The van der Waals surface area contributed by atoms with Crippen LogP contribution in [0.5, 0.6) is 0 Å². The van der Waals surface area contributed by atoms with Crippen molar-refractivity contribution >= 4 is 31.8 Å². The van der Waals surface area contributed by atoms with Crippen molar-refractivity contribution in [2.24, 2.45) is 7.05 Å². The molecule has 0 radical (unpaired) electrons. The van der Waals surface area contributed by atoms with Crippen LogP contribution in [0.15, 0.2) is 83.9 Å². The smallest absolute Gasteiger partial charge is 0.268 e. The Hall–Kier alpha value is -3.31. The van der Waals surface area contributed by atoms with E-state index >= 15 is 0 Å². The summed E-state index contributed by atoms with van der Waals surface area (Å²) in [6.45, 7) is 4.14. The third-order valence-corrected chi connectivity index (χ3v) is 8.48. The molecule has 0 amide bonds. The van der Waals surface area contributed by atoms with Crippen molar-refractivity contribution in [2.75, 3.05) is 0 Å². The lowest BCUT2D eigenvalue weighted by molar-refractivity contribution is 0.587. The molecule has 0 unspecified atom stereocenters. The van der Waals surface area contributed by atoms with Crippen LogP contribution in [0, 0.1) is 6.92 Å². The topological polar surface area (TPSA) is 44.0 Å². The van der Waals surface area contributed by atoms with Crippen LogP contribution in [0.1, 0.15) is 42.1 Å². The van der Waals surface area contributed by atoms with E-state index < -0.39 is 10.0 Å². The van der Waals surface area contributed by atoms with Gasteiger partial charge in [-0.05, 0) is 55.2 Å². The van der Waals surface area contributed by atoms with Gasteiger partial charge >= 0.3 is 0 Å². The van der Waals surface area contributed by atoms with Crippen LogP contribution in [0.25, 0.3) is 21.8 Å². The number of nitrogens with zero attached hydrogens (tertiary/aromatic N) is 2. The molecule has 5 aromatic rings. The fourth-order valence-corrected chi connectivity index (χ4v) is 6.55. The van der Waals surface area contributed by atoms with Crippen LogP contribution in [-0.4, -0.2) is 17.0 Å². The van der Waals surface area contributed by atoms with Crippen molar-refractivity contribution in [3.63, 3.8) is 0 Å². The van der Waals surface area contributed by atoms with Crippen molar-refractivity contribution in [3.8, 4) is 0 Å². The standard InChI is InChI=1S/C29H30N2O2S/c1-4-5-10-26-25-12-7-9-14-28(25)31(34(32,33)23-17-15-21(2)16-18-23)29(26)19-22-20-30(3)27-13-8-6-11-24(22)27/h6-9,11-18,20H,4-5,10,19H2,1-3H3. The summed E-state index contributed by atoms with van der Waals surface area (Å²) in [6.07, 6.45) is 5.61. The highest BCUT2D eigenvalue weighted by molar-refractivity contribution is 7.90. The summed E-state index contributed by atoms with van der Waals surface area (Å²) in [6, 6.07) is 23.4. The monoisotopic (exact) mass is 470 g/mol. The molecule has 34 heavy (non-hydrogen) atoms. The Morgan fingerprint density at radius 3 is 2.18 bits per heavy atom. The second-order valence-electron chi connectivity index (χ2n) is 9.09. The number of para-hydroxylation sites is 2. The molecular weight excluding hydrogens is 440 g/mol. The first-order valence-electron chi connectivity index (χ1n) is 11.9. The summed E-state index contributed by atoms with van der Waals surface area (Å²) < 4.78 is 31.9. The number of benzene rings is 3. The molecule has 0 saturated carbocycles. The maximum Gasteiger partial charge on any atom is 0.268 e. The van der Waals surface area contributed by atoms with Gasteiger partial charge in [0.15, 0.2) is 0 Å². The van der Waals surface area contributed by atoms with Crippen LogP contribution < -0.4 is 0 Å². The molecule has 2 aromatic heterocycles. The zero-order valence-electron chi connectivity index (χ0n) is 20.0. The van der Waals surface area contributed by atoms with E-state index in [1.165, 1.54) is 0 Å². The maximum atomic E-state index is 14.1. The molecule has 5 heteroatoms.